The highest BCUT2D eigenvalue weighted by atomic mass is 16.6. The van der Waals surface area contributed by atoms with Crippen LogP contribution in [0.5, 0.6) is 0 Å². The predicted molar refractivity (Wildman–Crippen MR) is 36.6 cm³/mol. The van der Waals surface area contributed by atoms with Gasteiger partial charge in [0.2, 0.25) is 0 Å². The molecule has 0 aromatic rings. The van der Waals surface area contributed by atoms with Gasteiger partial charge in [-0.3, -0.25) is 0 Å². The second kappa shape index (κ2) is 3.46. The Morgan fingerprint density at radius 2 is 1.91 bits per heavy atom. The molecule has 0 saturated carbocycles. The molecule has 5 heteroatoms. The molecule has 66 valence electrons. The Labute approximate surface area is 64.4 Å². The number of hydrogen-bond acceptors (Lipinski definition) is 5. The molecule has 1 saturated heterocycles. The Hall–Kier alpha value is -0.200. The summed E-state index contributed by atoms with van der Waals surface area (Å²) in [6.45, 7) is 0.144. The highest BCUT2D eigenvalue weighted by Gasteiger charge is 2.34. The van der Waals surface area contributed by atoms with Gasteiger partial charge in [0.05, 0.1) is 12.2 Å². The number of ether oxygens (including phenoxy) is 1. The van der Waals surface area contributed by atoms with Crippen LogP contribution in [0.25, 0.3) is 0 Å². The van der Waals surface area contributed by atoms with Crippen molar-refractivity contribution in [3.8, 4) is 0 Å². The monoisotopic (exact) mass is 163 g/mol. The fourth-order valence-corrected chi connectivity index (χ4v) is 1.09. The molecule has 5 N–H and O–H groups in total. The van der Waals surface area contributed by atoms with Gasteiger partial charge in [-0.25, -0.2) is 0 Å². The molecule has 4 atom stereocenters. The predicted octanol–water partition coefficient (Wildman–Crippen LogP) is -2.23. The van der Waals surface area contributed by atoms with Crippen LogP contribution in [0.1, 0.15) is 6.42 Å². The molecule has 1 aliphatic heterocycles. The maximum Gasteiger partial charge on any atom is 0.181 e. The van der Waals surface area contributed by atoms with Crippen LogP contribution in [0.2, 0.25) is 0 Å². The Kier molecular flexibility index (Phi) is 2.80. The van der Waals surface area contributed by atoms with Crippen LogP contribution < -0.4 is 5.73 Å². The second-order valence-corrected chi connectivity index (χ2v) is 2.67. The van der Waals surface area contributed by atoms with Crippen molar-refractivity contribution >= 4 is 0 Å². The summed E-state index contributed by atoms with van der Waals surface area (Å²) in [5.74, 6) is 0. The summed E-state index contributed by atoms with van der Waals surface area (Å²) in [5, 5.41) is 27.1. The lowest BCUT2D eigenvalue weighted by molar-refractivity contribution is -0.242. The van der Waals surface area contributed by atoms with E-state index in [0.717, 1.165) is 0 Å². The molecule has 0 bridgehead atoms. The number of aliphatic hydroxyl groups excluding tert-OH is 3. The molecule has 0 aromatic heterocycles. The van der Waals surface area contributed by atoms with Gasteiger partial charge in [-0.15, -0.1) is 0 Å². The first-order valence-electron chi connectivity index (χ1n) is 3.55. The molecular formula is C6H13NO4. The molecule has 1 unspecified atom stereocenters. The Morgan fingerprint density at radius 3 is 2.45 bits per heavy atom. The van der Waals surface area contributed by atoms with Crippen molar-refractivity contribution in [3.63, 3.8) is 0 Å². The smallest absolute Gasteiger partial charge is 0.181 e. The van der Waals surface area contributed by atoms with Gasteiger partial charge >= 0.3 is 0 Å². The average Bonchev–Trinajstić information content (AvgIpc) is 1.97. The van der Waals surface area contributed by atoms with E-state index in [1.165, 1.54) is 0 Å². The van der Waals surface area contributed by atoms with E-state index in [1.807, 2.05) is 0 Å². The summed E-state index contributed by atoms with van der Waals surface area (Å²) in [5.41, 5.74) is 5.22. The molecule has 11 heavy (non-hydrogen) atoms. The van der Waals surface area contributed by atoms with Crippen molar-refractivity contribution in [2.45, 2.75) is 31.0 Å². The fourth-order valence-electron chi connectivity index (χ4n) is 1.09. The first-order valence-corrected chi connectivity index (χ1v) is 3.55. The molecule has 0 aromatic carbocycles. The van der Waals surface area contributed by atoms with Gasteiger partial charge in [-0.2, -0.15) is 0 Å². The van der Waals surface area contributed by atoms with Crippen LogP contribution in [-0.2, 0) is 4.74 Å². The second-order valence-electron chi connectivity index (χ2n) is 2.67. The van der Waals surface area contributed by atoms with E-state index in [2.05, 4.69) is 0 Å². The zero-order valence-electron chi connectivity index (χ0n) is 6.05. The third-order valence-corrected chi connectivity index (χ3v) is 1.79. The van der Waals surface area contributed by atoms with E-state index in [-0.39, 0.29) is 13.0 Å². The van der Waals surface area contributed by atoms with Gasteiger partial charge in [0.25, 0.3) is 0 Å². The minimum atomic E-state index is -1.22. The Balaban J connectivity index is 2.48. The third-order valence-electron chi connectivity index (χ3n) is 1.79. The highest BCUT2D eigenvalue weighted by Crippen LogP contribution is 2.17. The number of nitrogens with two attached hydrogens (primary N) is 1. The molecule has 0 spiro atoms. The first kappa shape index (κ1) is 8.89. The number of hydrogen-bond donors (Lipinski definition) is 4. The minimum Gasteiger partial charge on any atom is -0.390 e. The first-order chi connectivity index (χ1) is 5.15. The van der Waals surface area contributed by atoms with E-state index in [1.54, 1.807) is 0 Å². The highest BCUT2D eigenvalue weighted by molar-refractivity contribution is 4.80. The van der Waals surface area contributed by atoms with E-state index in [9.17, 15) is 5.11 Å². The summed E-state index contributed by atoms with van der Waals surface area (Å²) >= 11 is 0. The molecule has 1 fully saturated rings. The lowest BCUT2D eigenvalue weighted by Crippen LogP contribution is -2.49. The minimum absolute atomic E-state index is 0.114. The van der Waals surface area contributed by atoms with Crippen molar-refractivity contribution in [2.75, 3.05) is 6.54 Å². The standard InChI is InChI=1S/C6H13NO4/c7-2-5-3(8)1-4(9)6(10)11-5/h3-6,8-10H,1-2,7H2/t3-,4+,5+,6?/m1/s1. The quantitative estimate of drug-likeness (QED) is 0.351. The van der Waals surface area contributed by atoms with Gasteiger partial charge in [-0.05, 0) is 0 Å². The van der Waals surface area contributed by atoms with Crippen LogP contribution in [-0.4, -0.2) is 46.5 Å². The largest absolute Gasteiger partial charge is 0.390 e. The zero-order valence-corrected chi connectivity index (χ0v) is 6.05. The maximum absolute atomic E-state index is 9.18. The molecule has 5 nitrogen and oxygen atoms in total. The average molecular weight is 163 g/mol. The summed E-state index contributed by atoms with van der Waals surface area (Å²) in [6.07, 6.45) is -3.45. The summed E-state index contributed by atoms with van der Waals surface area (Å²) < 4.78 is 4.79. The third kappa shape index (κ3) is 1.88. The van der Waals surface area contributed by atoms with Gasteiger partial charge in [0.15, 0.2) is 6.29 Å². The number of aliphatic hydroxyl groups is 3. The van der Waals surface area contributed by atoms with Crippen molar-refractivity contribution in [2.24, 2.45) is 5.73 Å². The number of rotatable bonds is 1. The summed E-state index contributed by atoms with van der Waals surface area (Å²) in [4.78, 5) is 0. The molecule has 1 aliphatic rings. The van der Waals surface area contributed by atoms with Gasteiger partial charge in [0.1, 0.15) is 6.10 Å². The van der Waals surface area contributed by atoms with Gasteiger partial charge in [-0.1, -0.05) is 0 Å². The Morgan fingerprint density at radius 1 is 1.27 bits per heavy atom. The topological polar surface area (TPSA) is 95.9 Å². The van der Waals surface area contributed by atoms with E-state index >= 15 is 0 Å². The molecular weight excluding hydrogens is 150 g/mol. The Bertz CT molecular complexity index is 132. The van der Waals surface area contributed by atoms with Crippen LogP contribution in [0.3, 0.4) is 0 Å². The van der Waals surface area contributed by atoms with Crippen LogP contribution in [0.4, 0.5) is 0 Å². The van der Waals surface area contributed by atoms with Crippen molar-refractivity contribution in [1.82, 2.24) is 0 Å². The van der Waals surface area contributed by atoms with E-state index in [0.29, 0.717) is 0 Å². The van der Waals surface area contributed by atoms with Crippen molar-refractivity contribution in [1.29, 1.82) is 0 Å². The van der Waals surface area contributed by atoms with E-state index in [4.69, 9.17) is 20.7 Å². The molecule has 1 rings (SSSR count). The summed E-state index contributed by atoms with van der Waals surface area (Å²) in [7, 11) is 0. The van der Waals surface area contributed by atoms with Gasteiger partial charge < -0.3 is 25.8 Å². The van der Waals surface area contributed by atoms with Crippen LogP contribution >= 0.6 is 0 Å². The molecule has 0 aliphatic carbocycles. The normalized spacial score (nSPS) is 45.8. The lowest BCUT2D eigenvalue weighted by atomic mass is 10.0. The van der Waals surface area contributed by atoms with Crippen molar-refractivity contribution in [3.05, 3.63) is 0 Å². The fraction of sp³-hybridized carbons (Fsp3) is 1.00. The van der Waals surface area contributed by atoms with Crippen molar-refractivity contribution < 1.29 is 20.1 Å². The maximum atomic E-state index is 9.18. The molecule has 0 radical (unpaired) electrons. The SMILES string of the molecule is NC[C@@H]1OC(O)[C@@H](O)C[C@H]1O. The zero-order chi connectivity index (χ0) is 8.43. The van der Waals surface area contributed by atoms with Crippen LogP contribution in [0.15, 0.2) is 0 Å². The molecule has 0 amide bonds. The van der Waals surface area contributed by atoms with Crippen LogP contribution in [0, 0.1) is 0 Å². The summed E-state index contributed by atoms with van der Waals surface area (Å²) in [6, 6.07) is 0. The lowest BCUT2D eigenvalue weighted by Gasteiger charge is -2.33. The van der Waals surface area contributed by atoms with Gasteiger partial charge in [0, 0.05) is 13.0 Å². The molecule has 1 heterocycles. The van der Waals surface area contributed by atoms with E-state index < -0.39 is 24.6 Å².